The predicted molar refractivity (Wildman–Crippen MR) is 83.5 cm³/mol. The van der Waals surface area contributed by atoms with Crippen molar-refractivity contribution in [3.63, 3.8) is 0 Å². The Kier molecular flexibility index (Phi) is 7.02. The summed E-state index contributed by atoms with van der Waals surface area (Å²) in [6.07, 6.45) is 1.42. The van der Waals surface area contributed by atoms with E-state index < -0.39 is 6.10 Å². The molecular formula is C16H26N2O3. The molecule has 0 aliphatic heterocycles. The van der Waals surface area contributed by atoms with Crippen LogP contribution in [0.5, 0.6) is 11.5 Å². The average molecular weight is 294 g/mol. The zero-order valence-corrected chi connectivity index (χ0v) is 13.3. The Labute approximate surface area is 126 Å². The van der Waals surface area contributed by atoms with Gasteiger partial charge in [-0.05, 0) is 38.0 Å². The standard InChI is InChI=1S/C16H26N2O3/c1-5-6-11(2)18-16(19)12(3)21-15-8-13(10-17)7-14(9-15)20-4/h7-9,11-12H,5-6,10,17H2,1-4H3,(H,18,19). The maximum Gasteiger partial charge on any atom is 0.260 e. The van der Waals surface area contributed by atoms with Crippen molar-refractivity contribution in [2.24, 2.45) is 5.73 Å². The van der Waals surface area contributed by atoms with Crippen LogP contribution >= 0.6 is 0 Å². The monoisotopic (exact) mass is 294 g/mol. The van der Waals surface area contributed by atoms with E-state index in [0.29, 0.717) is 18.0 Å². The van der Waals surface area contributed by atoms with Crippen LogP contribution in [0.25, 0.3) is 0 Å². The number of hydrogen-bond donors (Lipinski definition) is 2. The summed E-state index contributed by atoms with van der Waals surface area (Å²) in [6, 6.07) is 5.57. The molecule has 0 heterocycles. The first-order valence-corrected chi connectivity index (χ1v) is 7.35. The van der Waals surface area contributed by atoms with Gasteiger partial charge in [0.05, 0.1) is 7.11 Å². The Balaban J connectivity index is 2.69. The highest BCUT2D eigenvalue weighted by molar-refractivity contribution is 5.81. The van der Waals surface area contributed by atoms with E-state index in [4.69, 9.17) is 15.2 Å². The summed E-state index contributed by atoms with van der Waals surface area (Å²) in [6.45, 7) is 6.20. The molecule has 1 amide bonds. The highest BCUT2D eigenvalue weighted by Crippen LogP contribution is 2.23. The number of amides is 1. The van der Waals surface area contributed by atoms with Crippen LogP contribution in [0, 0.1) is 0 Å². The first-order valence-electron chi connectivity index (χ1n) is 7.35. The molecule has 1 aromatic carbocycles. The minimum absolute atomic E-state index is 0.118. The molecule has 2 unspecified atom stereocenters. The van der Waals surface area contributed by atoms with Crippen molar-refractivity contribution < 1.29 is 14.3 Å². The van der Waals surface area contributed by atoms with Crippen molar-refractivity contribution in [1.29, 1.82) is 0 Å². The van der Waals surface area contributed by atoms with Gasteiger partial charge in [0.2, 0.25) is 0 Å². The van der Waals surface area contributed by atoms with E-state index >= 15 is 0 Å². The first-order chi connectivity index (χ1) is 9.99. The molecule has 5 heteroatoms. The molecule has 0 bridgehead atoms. The summed E-state index contributed by atoms with van der Waals surface area (Å²) in [4.78, 5) is 12.0. The lowest BCUT2D eigenvalue weighted by Gasteiger charge is -2.19. The molecule has 118 valence electrons. The second-order valence-electron chi connectivity index (χ2n) is 5.18. The molecule has 0 fully saturated rings. The van der Waals surface area contributed by atoms with Crippen LogP contribution in [0.1, 0.15) is 39.2 Å². The van der Waals surface area contributed by atoms with Gasteiger partial charge in [-0.2, -0.15) is 0 Å². The molecule has 2 atom stereocenters. The number of hydrogen-bond acceptors (Lipinski definition) is 4. The van der Waals surface area contributed by atoms with Gasteiger partial charge in [-0.1, -0.05) is 13.3 Å². The van der Waals surface area contributed by atoms with Gasteiger partial charge in [0.25, 0.3) is 5.91 Å². The molecule has 0 radical (unpaired) electrons. The van der Waals surface area contributed by atoms with E-state index in [1.807, 2.05) is 19.1 Å². The van der Waals surface area contributed by atoms with Crippen molar-refractivity contribution >= 4 is 5.91 Å². The summed E-state index contributed by atoms with van der Waals surface area (Å²) in [5.74, 6) is 1.13. The van der Waals surface area contributed by atoms with Crippen molar-refractivity contribution in [2.75, 3.05) is 7.11 Å². The molecule has 3 N–H and O–H groups in total. The lowest BCUT2D eigenvalue weighted by atomic mass is 10.2. The number of carbonyl (C=O) groups is 1. The van der Waals surface area contributed by atoms with Crippen LogP contribution in [0.3, 0.4) is 0 Å². The fourth-order valence-electron chi connectivity index (χ4n) is 2.06. The van der Waals surface area contributed by atoms with Crippen LogP contribution in [0.4, 0.5) is 0 Å². The number of ether oxygens (including phenoxy) is 2. The van der Waals surface area contributed by atoms with Crippen LogP contribution < -0.4 is 20.5 Å². The van der Waals surface area contributed by atoms with E-state index in [2.05, 4.69) is 12.2 Å². The summed E-state index contributed by atoms with van der Waals surface area (Å²) in [5, 5.41) is 2.94. The van der Waals surface area contributed by atoms with Gasteiger partial charge < -0.3 is 20.5 Å². The number of nitrogens with one attached hydrogen (secondary N) is 1. The zero-order valence-electron chi connectivity index (χ0n) is 13.3. The number of benzene rings is 1. The molecule has 0 aromatic heterocycles. The van der Waals surface area contributed by atoms with Crippen LogP contribution in [-0.4, -0.2) is 25.2 Å². The summed E-state index contributed by atoms with van der Waals surface area (Å²) < 4.78 is 10.9. The Morgan fingerprint density at radius 2 is 1.95 bits per heavy atom. The number of rotatable bonds is 8. The van der Waals surface area contributed by atoms with Crippen LogP contribution in [-0.2, 0) is 11.3 Å². The molecule has 0 spiro atoms. The Hall–Kier alpha value is -1.75. The summed E-state index contributed by atoms with van der Waals surface area (Å²) in [5.41, 5.74) is 6.54. The van der Waals surface area contributed by atoms with Gasteiger partial charge in [-0.3, -0.25) is 4.79 Å². The molecule has 0 aliphatic rings. The third-order valence-electron chi connectivity index (χ3n) is 3.20. The van der Waals surface area contributed by atoms with E-state index in [1.165, 1.54) is 0 Å². The maximum atomic E-state index is 12.0. The van der Waals surface area contributed by atoms with Gasteiger partial charge >= 0.3 is 0 Å². The van der Waals surface area contributed by atoms with Crippen LogP contribution in [0.15, 0.2) is 18.2 Å². The van der Waals surface area contributed by atoms with Crippen LogP contribution in [0.2, 0.25) is 0 Å². The summed E-state index contributed by atoms with van der Waals surface area (Å²) >= 11 is 0. The second-order valence-corrected chi connectivity index (χ2v) is 5.18. The molecule has 21 heavy (non-hydrogen) atoms. The highest BCUT2D eigenvalue weighted by atomic mass is 16.5. The predicted octanol–water partition coefficient (Wildman–Crippen LogP) is 2.23. The zero-order chi connectivity index (χ0) is 15.8. The lowest BCUT2D eigenvalue weighted by molar-refractivity contribution is -0.127. The molecular weight excluding hydrogens is 268 g/mol. The van der Waals surface area contributed by atoms with Crippen molar-refractivity contribution in [3.8, 4) is 11.5 Å². The summed E-state index contributed by atoms with van der Waals surface area (Å²) in [7, 11) is 1.59. The maximum absolute atomic E-state index is 12.0. The van der Waals surface area contributed by atoms with E-state index in [1.54, 1.807) is 20.1 Å². The second kappa shape index (κ2) is 8.52. The number of nitrogens with two attached hydrogens (primary N) is 1. The Morgan fingerprint density at radius 3 is 2.52 bits per heavy atom. The molecule has 0 saturated heterocycles. The van der Waals surface area contributed by atoms with E-state index in [9.17, 15) is 4.79 Å². The van der Waals surface area contributed by atoms with Crippen molar-refractivity contribution in [2.45, 2.75) is 52.3 Å². The molecule has 1 aromatic rings. The van der Waals surface area contributed by atoms with Gasteiger partial charge in [-0.25, -0.2) is 0 Å². The highest BCUT2D eigenvalue weighted by Gasteiger charge is 2.17. The SMILES string of the molecule is CCCC(C)NC(=O)C(C)Oc1cc(CN)cc(OC)c1. The van der Waals surface area contributed by atoms with E-state index in [-0.39, 0.29) is 11.9 Å². The van der Waals surface area contributed by atoms with Gasteiger partial charge in [0.1, 0.15) is 11.5 Å². The Bertz CT molecular complexity index is 441. The Morgan fingerprint density at radius 1 is 1.29 bits per heavy atom. The van der Waals surface area contributed by atoms with Crippen molar-refractivity contribution in [3.05, 3.63) is 23.8 Å². The minimum atomic E-state index is -0.568. The fraction of sp³-hybridized carbons (Fsp3) is 0.562. The largest absolute Gasteiger partial charge is 0.497 e. The van der Waals surface area contributed by atoms with Gasteiger partial charge in [0.15, 0.2) is 6.10 Å². The number of carbonyl (C=O) groups excluding carboxylic acids is 1. The molecule has 0 aliphatic carbocycles. The lowest BCUT2D eigenvalue weighted by Crippen LogP contribution is -2.41. The topological polar surface area (TPSA) is 73.6 Å². The van der Waals surface area contributed by atoms with Gasteiger partial charge in [0, 0.05) is 18.7 Å². The normalized spacial score (nSPS) is 13.4. The minimum Gasteiger partial charge on any atom is -0.497 e. The smallest absolute Gasteiger partial charge is 0.260 e. The quantitative estimate of drug-likeness (QED) is 0.771. The first kappa shape index (κ1) is 17.3. The van der Waals surface area contributed by atoms with Crippen molar-refractivity contribution in [1.82, 2.24) is 5.32 Å². The molecule has 1 rings (SSSR count). The molecule has 0 saturated carbocycles. The average Bonchev–Trinajstić information content (AvgIpc) is 2.46. The van der Waals surface area contributed by atoms with Gasteiger partial charge in [-0.15, -0.1) is 0 Å². The fourth-order valence-corrected chi connectivity index (χ4v) is 2.06. The number of methoxy groups -OCH3 is 1. The third kappa shape index (κ3) is 5.63. The molecule has 5 nitrogen and oxygen atoms in total. The van der Waals surface area contributed by atoms with E-state index in [0.717, 1.165) is 18.4 Å². The third-order valence-corrected chi connectivity index (χ3v) is 3.20.